The predicted molar refractivity (Wildman–Crippen MR) is 132 cm³/mol. The van der Waals surface area contributed by atoms with Gasteiger partial charge >= 0.3 is 0 Å². The molecule has 2 aliphatic rings. The molecule has 1 saturated heterocycles. The van der Waals surface area contributed by atoms with Crippen LogP contribution in [0.4, 0.5) is 11.8 Å². The Bertz CT molecular complexity index is 1330. The lowest BCUT2D eigenvalue weighted by Crippen LogP contribution is -2.37. The summed E-state index contributed by atoms with van der Waals surface area (Å²) < 4.78 is 33.2. The largest absolute Gasteiger partial charge is 0.378 e. The van der Waals surface area contributed by atoms with Gasteiger partial charge in [0.1, 0.15) is 5.82 Å². The summed E-state index contributed by atoms with van der Waals surface area (Å²) in [4.78, 5) is 25.6. The second-order valence-electron chi connectivity index (χ2n) is 9.22. The first-order valence-corrected chi connectivity index (χ1v) is 13.8. The van der Waals surface area contributed by atoms with Crippen LogP contribution >= 0.6 is 0 Å². The van der Waals surface area contributed by atoms with Crippen molar-refractivity contribution < 1.29 is 13.2 Å². The number of aromatic nitrogens is 6. The van der Waals surface area contributed by atoms with Crippen LogP contribution in [0.3, 0.4) is 0 Å². The first-order valence-electron chi connectivity index (χ1n) is 11.9. The lowest BCUT2D eigenvalue weighted by Gasteiger charge is -2.28. The quantitative estimate of drug-likeness (QED) is 0.404. The van der Waals surface area contributed by atoms with Crippen molar-refractivity contribution in [1.82, 2.24) is 34.2 Å². The molecule has 0 spiro atoms. The number of fused-ring (bicyclic) bond motifs is 1. The van der Waals surface area contributed by atoms with E-state index in [0.717, 1.165) is 34.9 Å². The van der Waals surface area contributed by atoms with E-state index < -0.39 is 10.0 Å². The summed E-state index contributed by atoms with van der Waals surface area (Å²) in [6.45, 7) is 5.74. The Balaban J connectivity index is 1.60. The van der Waals surface area contributed by atoms with Crippen LogP contribution in [0.1, 0.15) is 30.8 Å². The first-order chi connectivity index (χ1) is 16.8. The summed E-state index contributed by atoms with van der Waals surface area (Å²) in [6, 6.07) is 0. The van der Waals surface area contributed by atoms with Gasteiger partial charge in [0.05, 0.1) is 30.7 Å². The fourth-order valence-corrected chi connectivity index (χ4v) is 4.81. The zero-order valence-corrected chi connectivity index (χ0v) is 20.9. The van der Waals surface area contributed by atoms with Crippen molar-refractivity contribution >= 4 is 33.0 Å². The van der Waals surface area contributed by atoms with Gasteiger partial charge in [-0.2, -0.15) is 0 Å². The van der Waals surface area contributed by atoms with Crippen LogP contribution in [-0.4, -0.2) is 77.0 Å². The number of hydrogen-bond acceptors (Lipinski definition) is 10. The van der Waals surface area contributed by atoms with Crippen molar-refractivity contribution in [2.24, 2.45) is 5.92 Å². The maximum Gasteiger partial charge on any atom is 0.220 e. The maximum absolute atomic E-state index is 11.5. The van der Waals surface area contributed by atoms with Crippen molar-refractivity contribution in [1.29, 1.82) is 0 Å². The minimum Gasteiger partial charge on any atom is -0.378 e. The molecule has 1 saturated carbocycles. The average Bonchev–Trinajstić information content (AvgIpc) is 3.57. The molecule has 188 valence electrons. The van der Waals surface area contributed by atoms with Crippen molar-refractivity contribution in [3.8, 4) is 11.4 Å². The van der Waals surface area contributed by atoms with Gasteiger partial charge in [0.15, 0.2) is 22.8 Å². The van der Waals surface area contributed by atoms with E-state index in [1.165, 1.54) is 19.1 Å². The lowest BCUT2D eigenvalue weighted by molar-refractivity contribution is 0.122. The number of nitrogens with zero attached hydrogens (tertiary/aromatic N) is 7. The number of sulfonamides is 1. The molecule has 4 heterocycles. The van der Waals surface area contributed by atoms with E-state index >= 15 is 0 Å². The first kappa shape index (κ1) is 23.8. The van der Waals surface area contributed by atoms with E-state index in [-0.39, 0.29) is 5.95 Å². The summed E-state index contributed by atoms with van der Waals surface area (Å²) in [5.74, 6) is 3.03. The molecule has 1 aliphatic carbocycles. The van der Waals surface area contributed by atoms with Crippen LogP contribution in [0.2, 0.25) is 0 Å². The van der Waals surface area contributed by atoms with E-state index in [2.05, 4.69) is 24.2 Å². The summed E-state index contributed by atoms with van der Waals surface area (Å²) in [5.41, 5.74) is 8.76. The minimum atomic E-state index is -3.23. The van der Waals surface area contributed by atoms with E-state index in [9.17, 15) is 8.42 Å². The molecule has 1 aliphatic heterocycles. The smallest absolute Gasteiger partial charge is 0.220 e. The molecule has 0 amide bonds. The number of hydrogen-bond donors (Lipinski definition) is 2. The SMILES string of the molecule is Cc1nc(N)ncc1-c1nc(N2CCOCC2)c2nc(CCCNS(C)(=O)=O)n(CC3CC3)c2n1. The van der Waals surface area contributed by atoms with E-state index in [1.54, 1.807) is 6.20 Å². The van der Waals surface area contributed by atoms with Crippen molar-refractivity contribution in [3.05, 3.63) is 17.7 Å². The molecule has 0 aromatic carbocycles. The molecule has 12 nitrogen and oxygen atoms in total. The Morgan fingerprint density at radius 2 is 1.94 bits per heavy atom. The fraction of sp³-hybridized carbons (Fsp3) is 0.591. The molecular weight excluding hydrogens is 470 g/mol. The summed E-state index contributed by atoms with van der Waals surface area (Å²) in [5, 5.41) is 0. The molecule has 3 aromatic heterocycles. The highest BCUT2D eigenvalue weighted by molar-refractivity contribution is 7.88. The number of morpholine rings is 1. The summed E-state index contributed by atoms with van der Waals surface area (Å²) in [7, 11) is -3.23. The number of nitrogen functional groups attached to an aromatic ring is 1. The normalized spacial score (nSPS) is 16.8. The van der Waals surface area contributed by atoms with E-state index in [4.69, 9.17) is 25.4 Å². The van der Waals surface area contributed by atoms with Crippen LogP contribution in [0.15, 0.2) is 6.20 Å². The number of ether oxygens (including phenoxy) is 1. The van der Waals surface area contributed by atoms with Gasteiger partial charge in [0.25, 0.3) is 0 Å². The molecule has 35 heavy (non-hydrogen) atoms. The van der Waals surface area contributed by atoms with Gasteiger partial charge in [-0.25, -0.2) is 38.1 Å². The van der Waals surface area contributed by atoms with Gasteiger partial charge in [0.2, 0.25) is 16.0 Å². The van der Waals surface area contributed by atoms with Gasteiger partial charge in [-0.1, -0.05) is 0 Å². The van der Waals surface area contributed by atoms with Gasteiger partial charge < -0.3 is 19.9 Å². The Morgan fingerprint density at radius 1 is 1.17 bits per heavy atom. The number of nitrogens with one attached hydrogen (secondary N) is 1. The predicted octanol–water partition coefficient (Wildman–Crippen LogP) is 0.902. The standard InChI is InChI=1S/C22H31N9O3S/c1-14-16(12-24-22(23)26-14)19-28-20(30-8-10-34-11-9-30)18-21(29-19)31(13-15-5-6-15)17(27-18)4-3-7-25-35(2,32)33/h12,15,25H,3-11,13H2,1-2H3,(H2,23,24,26). The Kier molecular flexibility index (Phi) is 6.55. The van der Waals surface area contributed by atoms with E-state index in [1.807, 2.05) is 6.92 Å². The molecule has 13 heteroatoms. The molecule has 5 rings (SSSR count). The Morgan fingerprint density at radius 3 is 2.63 bits per heavy atom. The Labute approximate surface area is 204 Å². The van der Waals surface area contributed by atoms with Crippen LogP contribution in [0, 0.1) is 12.8 Å². The van der Waals surface area contributed by atoms with Gasteiger partial charge in [-0.15, -0.1) is 0 Å². The third kappa shape index (κ3) is 5.52. The van der Waals surface area contributed by atoms with E-state index in [0.29, 0.717) is 63.1 Å². The number of rotatable bonds is 9. The molecule has 0 atom stereocenters. The summed E-state index contributed by atoms with van der Waals surface area (Å²) >= 11 is 0. The molecule has 0 radical (unpaired) electrons. The highest BCUT2D eigenvalue weighted by atomic mass is 32.2. The zero-order chi connectivity index (χ0) is 24.6. The van der Waals surface area contributed by atoms with Crippen LogP contribution in [0.5, 0.6) is 0 Å². The number of anilines is 2. The monoisotopic (exact) mass is 501 g/mol. The van der Waals surface area contributed by atoms with Crippen molar-refractivity contribution in [3.63, 3.8) is 0 Å². The lowest BCUT2D eigenvalue weighted by atomic mass is 10.2. The topological polar surface area (TPSA) is 154 Å². The second-order valence-corrected chi connectivity index (χ2v) is 11.1. The fourth-order valence-electron chi connectivity index (χ4n) is 4.30. The molecule has 3 N–H and O–H groups in total. The zero-order valence-electron chi connectivity index (χ0n) is 20.1. The third-order valence-electron chi connectivity index (χ3n) is 6.28. The number of aryl methyl sites for hydroxylation is 2. The van der Waals surface area contributed by atoms with Crippen molar-refractivity contribution in [2.75, 3.05) is 49.7 Å². The molecule has 2 fully saturated rings. The second kappa shape index (κ2) is 9.63. The molecule has 0 unspecified atom stereocenters. The van der Waals surface area contributed by atoms with Crippen LogP contribution in [-0.2, 0) is 27.7 Å². The molecular formula is C22H31N9O3S. The third-order valence-corrected chi connectivity index (χ3v) is 7.01. The van der Waals surface area contributed by atoms with Gasteiger partial charge in [-0.05, 0) is 32.1 Å². The van der Waals surface area contributed by atoms with Crippen LogP contribution < -0.4 is 15.4 Å². The van der Waals surface area contributed by atoms with Crippen molar-refractivity contribution in [2.45, 2.75) is 39.2 Å². The molecule has 0 bridgehead atoms. The average molecular weight is 502 g/mol. The number of imidazole rings is 1. The van der Waals surface area contributed by atoms with Gasteiger partial charge in [-0.3, -0.25) is 0 Å². The minimum absolute atomic E-state index is 0.212. The molecule has 3 aromatic rings. The van der Waals surface area contributed by atoms with Gasteiger partial charge in [0, 0.05) is 38.8 Å². The van der Waals surface area contributed by atoms with Crippen LogP contribution in [0.25, 0.3) is 22.6 Å². The number of nitrogens with two attached hydrogens (primary N) is 1. The maximum atomic E-state index is 11.5. The highest BCUT2D eigenvalue weighted by Gasteiger charge is 2.28. The Hall–Kier alpha value is -2.90. The summed E-state index contributed by atoms with van der Waals surface area (Å²) in [6.07, 6.45) is 6.49. The highest BCUT2D eigenvalue weighted by Crippen LogP contribution is 2.35.